The van der Waals surface area contributed by atoms with Crippen LogP contribution < -0.4 is 0 Å². The lowest BCUT2D eigenvalue weighted by Crippen LogP contribution is -2.20. The molecular formula is C38H28N8. The van der Waals surface area contributed by atoms with Crippen LogP contribution in [0, 0.1) is 45.3 Å². The molecule has 0 atom stereocenters. The maximum Gasteiger partial charge on any atom is 0.101 e. The van der Waals surface area contributed by atoms with Gasteiger partial charge in [0, 0.05) is 78.6 Å². The molecule has 0 amide bonds. The smallest absolute Gasteiger partial charge is 0.101 e. The second kappa shape index (κ2) is 10.0. The van der Waals surface area contributed by atoms with E-state index < -0.39 is 10.8 Å². The number of nitriles is 4. The molecule has 4 aromatic heterocycles. The molecule has 0 radical (unpaired) electrons. The maximum atomic E-state index is 9.88. The summed E-state index contributed by atoms with van der Waals surface area (Å²) >= 11 is 0. The van der Waals surface area contributed by atoms with Gasteiger partial charge >= 0.3 is 0 Å². The number of aromatic amines is 4. The second-order valence-electron chi connectivity index (χ2n) is 12.7. The molecule has 220 valence electrons. The molecular weight excluding hydrogens is 568 g/mol. The number of aromatic nitrogens is 4. The zero-order chi connectivity index (χ0) is 32.4. The van der Waals surface area contributed by atoms with Crippen molar-refractivity contribution in [3.05, 3.63) is 118 Å². The Hall–Kier alpha value is -6.48. The summed E-state index contributed by atoms with van der Waals surface area (Å²) in [5, 5.41) is 39.5. The molecule has 1 aliphatic rings. The Balaban J connectivity index is 1.53. The van der Waals surface area contributed by atoms with E-state index in [1.807, 2.05) is 48.5 Å². The minimum atomic E-state index is -0.485. The van der Waals surface area contributed by atoms with E-state index in [-0.39, 0.29) is 0 Å². The first-order valence-electron chi connectivity index (χ1n) is 14.8. The van der Waals surface area contributed by atoms with Gasteiger partial charge in [0.15, 0.2) is 0 Å². The second-order valence-corrected chi connectivity index (χ2v) is 12.7. The number of nitrogens with zero attached hydrogens (tertiary/aromatic N) is 4. The number of benzene rings is 2. The Morgan fingerprint density at radius 3 is 0.804 bits per heavy atom. The van der Waals surface area contributed by atoms with Gasteiger partial charge in [-0.2, -0.15) is 21.0 Å². The molecule has 0 aliphatic carbocycles. The van der Waals surface area contributed by atoms with Crippen molar-refractivity contribution in [3.8, 4) is 69.3 Å². The fraction of sp³-hybridized carbons (Fsp3) is 0.158. The van der Waals surface area contributed by atoms with Gasteiger partial charge in [-0.05, 0) is 100 Å². The molecule has 0 unspecified atom stereocenters. The summed E-state index contributed by atoms with van der Waals surface area (Å²) in [6, 6.07) is 32.1. The van der Waals surface area contributed by atoms with Gasteiger partial charge in [-0.1, -0.05) is 0 Å². The van der Waals surface area contributed by atoms with Gasteiger partial charge in [0.25, 0.3) is 0 Å². The van der Waals surface area contributed by atoms with Crippen molar-refractivity contribution < 1.29 is 0 Å². The van der Waals surface area contributed by atoms with E-state index in [2.05, 4.69) is 71.9 Å². The fourth-order valence-corrected chi connectivity index (χ4v) is 6.42. The van der Waals surface area contributed by atoms with Gasteiger partial charge in [-0.15, -0.1) is 0 Å². The van der Waals surface area contributed by atoms with Crippen LogP contribution in [0.3, 0.4) is 0 Å². The van der Waals surface area contributed by atoms with Gasteiger partial charge in [0.05, 0.1) is 22.3 Å². The van der Waals surface area contributed by atoms with Crippen LogP contribution in [-0.4, -0.2) is 19.9 Å². The maximum absolute atomic E-state index is 9.88. The molecule has 4 N–H and O–H groups in total. The number of hydrogen-bond donors (Lipinski definition) is 4. The summed E-state index contributed by atoms with van der Waals surface area (Å²) in [4.78, 5) is 14.4. The third kappa shape index (κ3) is 4.17. The first-order valence-corrected chi connectivity index (χ1v) is 14.8. The van der Waals surface area contributed by atoms with Crippen LogP contribution in [0.2, 0.25) is 0 Å². The SMILES string of the molecule is CC1(C)c2ccc([nH]2)-c2cc(C#N)c(C#N)cc2-c2ccc([nH]2)C(C)(C)c2ccc([nH]2)-c2cc(C#N)c(C#N)cc2-c2ccc1[nH]2. The van der Waals surface area contributed by atoms with Crippen LogP contribution in [0.25, 0.3) is 45.0 Å². The number of fused-ring (bicyclic) bond motifs is 14. The molecule has 46 heavy (non-hydrogen) atoms. The summed E-state index contributed by atoms with van der Waals surface area (Å²) in [5.41, 5.74) is 10.6. The highest BCUT2D eigenvalue weighted by atomic mass is 14.8. The Bertz CT molecular complexity index is 2040. The number of rotatable bonds is 0. The van der Waals surface area contributed by atoms with Crippen molar-refractivity contribution in [1.82, 2.24) is 19.9 Å². The Kier molecular flexibility index (Phi) is 6.17. The lowest BCUT2D eigenvalue weighted by molar-refractivity contribution is 0.604. The molecule has 0 saturated carbocycles. The van der Waals surface area contributed by atoms with Crippen LogP contribution in [0.5, 0.6) is 0 Å². The summed E-state index contributed by atoms with van der Waals surface area (Å²) < 4.78 is 0. The minimum Gasteiger partial charge on any atom is -0.358 e. The quantitative estimate of drug-likeness (QED) is 0.139. The van der Waals surface area contributed by atoms with Crippen LogP contribution in [0.15, 0.2) is 72.8 Å². The van der Waals surface area contributed by atoms with E-state index in [1.54, 1.807) is 24.3 Å². The predicted octanol–water partition coefficient (Wildman–Crippen LogP) is 8.12. The molecule has 8 heteroatoms. The van der Waals surface area contributed by atoms with E-state index in [4.69, 9.17) is 0 Å². The van der Waals surface area contributed by atoms with Crippen molar-refractivity contribution in [3.63, 3.8) is 0 Å². The van der Waals surface area contributed by atoms with Gasteiger partial charge < -0.3 is 19.9 Å². The molecule has 2 aromatic carbocycles. The largest absolute Gasteiger partial charge is 0.358 e. The van der Waals surface area contributed by atoms with E-state index in [9.17, 15) is 21.0 Å². The molecule has 0 fully saturated rings. The van der Waals surface area contributed by atoms with E-state index in [0.717, 1.165) is 67.8 Å². The highest BCUT2D eigenvalue weighted by molar-refractivity contribution is 5.85. The zero-order valence-electron chi connectivity index (χ0n) is 25.7. The minimum absolute atomic E-state index is 0.314. The summed E-state index contributed by atoms with van der Waals surface area (Å²) in [6.45, 7) is 8.48. The third-order valence-electron chi connectivity index (χ3n) is 9.40. The van der Waals surface area contributed by atoms with Gasteiger partial charge in [-0.25, -0.2) is 0 Å². The molecule has 5 heterocycles. The number of hydrogen-bond acceptors (Lipinski definition) is 4. The van der Waals surface area contributed by atoms with E-state index in [0.29, 0.717) is 22.3 Å². The third-order valence-corrected chi connectivity index (χ3v) is 9.40. The first-order chi connectivity index (χ1) is 22.1. The molecule has 0 saturated heterocycles. The fourth-order valence-electron chi connectivity index (χ4n) is 6.42. The lowest BCUT2D eigenvalue weighted by Gasteiger charge is -2.23. The van der Waals surface area contributed by atoms with Crippen LogP contribution in [0.1, 0.15) is 72.7 Å². The number of nitrogens with one attached hydrogen (secondary N) is 4. The highest BCUT2D eigenvalue weighted by Gasteiger charge is 2.30. The van der Waals surface area contributed by atoms with Gasteiger partial charge in [0.2, 0.25) is 0 Å². The van der Waals surface area contributed by atoms with E-state index in [1.165, 1.54) is 0 Å². The van der Waals surface area contributed by atoms with Crippen LogP contribution in [-0.2, 0) is 10.8 Å². The van der Waals surface area contributed by atoms with Crippen molar-refractivity contribution in [2.45, 2.75) is 38.5 Å². The number of H-pyrrole nitrogens is 4. The first kappa shape index (κ1) is 28.3. The molecule has 8 bridgehead atoms. The van der Waals surface area contributed by atoms with Gasteiger partial charge in [-0.3, -0.25) is 0 Å². The average molecular weight is 597 g/mol. The summed E-state index contributed by atoms with van der Waals surface area (Å²) in [6.07, 6.45) is 0. The van der Waals surface area contributed by atoms with Crippen molar-refractivity contribution in [2.75, 3.05) is 0 Å². The van der Waals surface area contributed by atoms with Crippen LogP contribution >= 0.6 is 0 Å². The molecule has 0 spiro atoms. The summed E-state index contributed by atoms with van der Waals surface area (Å²) in [5.74, 6) is 0. The van der Waals surface area contributed by atoms with E-state index >= 15 is 0 Å². The standard InChI is InChI=1S/C38H28N8/c1-37(2)33-9-5-29(43-33)25-13-21(17-39)23(19-41)15-27(25)31-7-11-35(45-31)38(3,4)36-12-8-32(46-36)28-16-24(20-42)22(18-40)14-26(28)30-6-10-34(37)44-30/h5-16,43-46H,1-4H3. The Morgan fingerprint density at radius 1 is 0.391 bits per heavy atom. The summed E-state index contributed by atoms with van der Waals surface area (Å²) in [7, 11) is 0. The lowest BCUT2D eigenvalue weighted by atomic mass is 9.86. The molecule has 6 aromatic rings. The van der Waals surface area contributed by atoms with Crippen molar-refractivity contribution in [2.24, 2.45) is 0 Å². The van der Waals surface area contributed by atoms with Crippen molar-refractivity contribution >= 4 is 0 Å². The topological polar surface area (TPSA) is 158 Å². The van der Waals surface area contributed by atoms with Crippen LogP contribution in [0.4, 0.5) is 0 Å². The predicted molar refractivity (Wildman–Crippen MR) is 175 cm³/mol. The average Bonchev–Trinajstić information content (AvgIpc) is 3.89. The molecule has 8 nitrogen and oxygen atoms in total. The molecule has 7 rings (SSSR count). The van der Waals surface area contributed by atoms with Crippen molar-refractivity contribution in [1.29, 1.82) is 21.0 Å². The zero-order valence-corrected chi connectivity index (χ0v) is 25.7. The normalized spacial score (nSPS) is 13.9. The highest BCUT2D eigenvalue weighted by Crippen LogP contribution is 2.42. The monoisotopic (exact) mass is 596 g/mol. The van der Waals surface area contributed by atoms with Gasteiger partial charge in [0.1, 0.15) is 24.3 Å². The Morgan fingerprint density at radius 2 is 0.609 bits per heavy atom. The Labute approximate surface area is 266 Å². The molecule has 1 aliphatic heterocycles.